The van der Waals surface area contributed by atoms with Crippen LogP contribution in [0.2, 0.25) is 0 Å². The first-order valence-electron chi connectivity index (χ1n) is 8.26. The number of aromatic hydroxyl groups is 1. The molecule has 1 N–H and O–H groups in total. The van der Waals surface area contributed by atoms with Gasteiger partial charge in [0.2, 0.25) is 0 Å². The van der Waals surface area contributed by atoms with Crippen molar-refractivity contribution >= 4 is 23.6 Å². The van der Waals surface area contributed by atoms with Crippen LogP contribution in [0.25, 0.3) is 6.08 Å². The number of phenolic OH excluding ortho intramolecular Hbond substituents is 1. The fourth-order valence-corrected chi connectivity index (χ4v) is 3.04. The van der Waals surface area contributed by atoms with Gasteiger partial charge in [-0.2, -0.15) is 0 Å². The van der Waals surface area contributed by atoms with Crippen LogP contribution in [0.15, 0.2) is 65.4 Å². The highest BCUT2D eigenvalue weighted by atomic mass is 16.5. The van der Waals surface area contributed by atoms with Gasteiger partial charge in [-0.1, -0.05) is 30.3 Å². The highest BCUT2D eigenvalue weighted by molar-refractivity contribution is 6.23. The lowest BCUT2D eigenvalue weighted by Gasteiger charge is -2.17. The maximum atomic E-state index is 13.1. The summed E-state index contributed by atoms with van der Waals surface area (Å²) in [6, 6.07) is 13.9. The number of phenols is 1. The lowest BCUT2D eigenvalue weighted by Crippen LogP contribution is -2.24. The lowest BCUT2D eigenvalue weighted by molar-refractivity contribution is -0.136. The minimum absolute atomic E-state index is 0.111. The molecule has 0 bridgehead atoms. The number of amides is 1. The van der Waals surface area contributed by atoms with Gasteiger partial charge in [-0.3, -0.25) is 9.69 Å². The zero-order chi connectivity index (χ0) is 19.6. The molecule has 1 amide bonds. The van der Waals surface area contributed by atoms with Crippen molar-refractivity contribution in [1.29, 1.82) is 0 Å². The van der Waals surface area contributed by atoms with E-state index in [2.05, 4.69) is 0 Å². The van der Waals surface area contributed by atoms with Crippen LogP contribution in [0.3, 0.4) is 0 Å². The molecule has 3 rings (SSSR count). The summed E-state index contributed by atoms with van der Waals surface area (Å²) in [5.74, 6) is -0.829. The van der Waals surface area contributed by atoms with Crippen molar-refractivity contribution in [3.05, 3.63) is 70.9 Å². The van der Waals surface area contributed by atoms with E-state index in [0.29, 0.717) is 16.9 Å². The van der Waals surface area contributed by atoms with Gasteiger partial charge in [0.05, 0.1) is 25.4 Å². The number of methoxy groups -OCH3 is 2. The Hall–Kier alpha value is -3.54. The summed E-state index contributed by atoms with van der Waals surface area (Å²) < 4.78 is 9.98. The second-order valence-corrected chi connectivity index (χ2v) is 5.88. The van der Waals surface area contributed by atoms with E-state index in [1.807, 2.05) is 18.2 Å². The largest absolute Gasteiger partial charge is 0.504 e. The zero-order valence-electron chi connectivity index (χ0n) is 15.2. The van der Waals surface area contributed by atoms with Gasteiger partial charge in [-0.15, -0.1) is 0 Å². The molecule has 0 fully saturated rings. The number of esters is 1. The third-order valence-electron chi connectivity index (χ3n) is 4.35. The lowest BCUT2D eigenvalue weighted by atomic mass is 10.0. The molecule has 0 saturated heterocycles. The van der Waals surface area contributed by atoms with Crippen molar-refractivity contribution in [3.63, 3.8) is 0 Å². The second-order valence-electron chi connectivity index (χ2n) is 5.88. The Morgan fingerprint density at radius 2 is 1.78 bits per heavy atom. The predicted octanol–water partition coefficient (Wildman–Crippen LogP) is 3.28. The van der Waals surface area contributed by atoms with Crippen LogP contribution < -0.4 is 9.64 Å². The SMILES string of the molecule is COC(=O)C1=C(C)N(c2ccccc2)C(=O)/C1=C\c1cccc(OC)c1O. The van der Waals surface area contributed by atoms with Crippen LogP contribution in [0.4, 0.5) is 5.69 Å². The van der Waals surface area contributed by atoms with Crippen LogP contribution >= 0.6 is 0 Å². The monoisotopic (exact) mass is 365 g/mol. The van der Waals surface area contributed by atoms with Gasteiger partial charge in [-0.05, 0) is 31.2 Å². The maximum Gasteiger partial charge on any atom is 0.340 e. The Balaban J connectivity index is 2.17. The van der Waals surface area contributed by atoms with Crippen LogP contribution in [0.1, 0.15) is 12.5 Å². The van der Waals surface area contributed by atoms with Crippen molar-refractivity contribution in [2.45, 2.75) is 6.92 Å². The molecule has 6 nitrogen and oxygen atoms in total. The number of benzene rings is 2. The molecule has 0 aromatic heterocycles. The quantitative estimate of drug-likeness (QED) is 0.665. The van der Waals surface area contributed by atoms with Crippen molar-refractivity contribution in [3.8, 4) is 11.5 Å². The molecule has 27 heavy (non-hydrogen) atoms. The molecule has 138 valence electrons. The van der Waals surface area contributed by atoms with Crippen LogP contribution in [0.5, 0.6) is 11.5 Å². The Kier molecular flexibility index (Phi) is 4.98. The molecule has 0 atom stereocenters. The number of carbonyl (C=O) groups excluding carboxylic acids is 2. The zero-order valence-corrected chi connectivity index (χ0v) is 15.2. The minimum Gasteiger partial charge on any atom is -0.504 e. The van der Waals surface area contributed by atoms with E-state index in [4.69, 9.17) is 9.47 Å². The number of carbonyl (C=O) groups is 2. The fraction of sp³-hybridized carbons (Fsp3) is 0.143. The van der Waals surface area contributed by atoms with Gasteiger partial charge in [0.25, 0.3) is 5.91 Å². The van der Waals surface area contributed by atoms with E-state index in [1.165, 1.54) is 25.2 Å². The third kappa shape index (κ3) is 3.17. The van der Waals surface area contributed by atoms with Crippen LogP contribution in [-0.4, -0.2) is 31.2 Å². The van der Waals surface area contributed by atoms with Crippen molar-refractivity contribution in [1.82, 2.24) is 0 Å². The third-order valence-corrected chi connectivity index (χ3v) is 4.35. The number of ether oxygens (including phenoxy) is 2. The van der Waals surface area contributed by atoms with Gasteiger partial charge < -0.3 is 14.6 Å². The standard InChI is InChI=1S/C21H19NO5/c1-13-18(21(25)27-3)16(12-14-8-7-11-17(26-2)19(14)23)20(24)22(13)15-9-5-4-6-10-15/h4-12,23H,1-3H3/b16-12-. The molecule has 0 radical (unpaired) electrons. The summed E-state index contributed by atoms with van der Waals surface area (Å²) >= 11 is 0. The Labute approximate surface area is 156 Å². The average Bonchev–Trinajstić information content (AvgIpc) is 2.93. The number of para-hydroxylation sites is 2. The molecular formula is C21H19NO5. The van der Waals surface area contributed by atoms with E-state index in [1.54, 1.807) is 37.3 Å². The fourth-order valence-electron chi connectivity index (χ4n) is 3.04. The Morgan fingerprint density at radius 3 is 2.41 bits per heavy atom. The van der Waals surface area contributed by atoms with E-state index in [9.17, 15) is 14.7 Å². The molecule has 1 aliphatic rings. The molecule has 0 spiro atoms. The van der Waals surface area contributed by atoms with Crippen LogP contribution in [-0.2, 0) is 14.3 Å². The molecule has 0 saturated carbocycles. The van der Waals surface area contributed by atoms with E-state index < -0.39 is 5.97 Å². The van der Waals surface area contributed by atoms with E-state index in [0.717, 1.165) is 0 Å². The number of nitrogens with zero attached hydrogens (tertiary/aromatic N) is 1. The number of anilines is 1. The number of hydrogen-bond acceptors (Lipinski definition) is 5. The van der Waals surface area contributed by atoms with Gasteiger partial charge in [-0.25, -0.2) is 4.79 Å². The molecular weight excluding hydrogens is 346 g/mol. The molecule has 0 unspecified atom stereocenters. The molecule has 2 aromatic rings. The molecule has 1 heterocycles. The van der Waals surface area contributed by atoms with E-state index in [-0.39, 0.29) is 28.6 Å². The normalized spacial score (nSPS) is 15.4. The highest BCUT2D eigenvalue weighted by Gasteiger charge is 2.38. The van der Waals surface area contributed by atoms with Crippen molar-refractivity contribution in [2.24, 2.45) is 0 Å². The first-order chi connectivity index (χ1) is 13.0. The second kappa shape index (κ2) is 7.37. The first kappa shape index (κ1) is 18.3. The summed E-state index contributed by atoms with van der Waals surface area (Å²) in [6.07, 6.45) is 1.47. The first-order valence-corrected chi connectivity index (χ1v) is 8.26. The summed E-state index contributed by atoms with van der Waals surface area (Å²) in [6.45, 7) is 1.68. The summed E-state index contributed by atoms with van der Waals surface area (Å²) in [4.78, 5) is 26.9. The smallest absolute Gasteiger partial charge is 0.340 e. The van der Waals surface area contributed by atoms with Gasteiger partial charge in [0.1, 0.15) is 0 Å². The van der Waals surface area contributed by atoms with Gasteiger partial charge in [0, 0.05) is 16.9 Å². The number of allylic oxidation sites excluding steroid dienone is 1. The summed E-state index contributed by atoms with van der Waals surface area (Å²) in [7, 11) is 2.70. The Morgan fingerprint density at radius 1 is 1.07 bits per heavy atom. The predicted molar refractivity (Wildman–Crippen MR) is 101 cm³/mol. The molecule has 0 aliphatic carbocycles. The number of rotatable bonds is 4. The van der Waals surface area contributed by atoms with Gasteiger partial charge in [0.15, 0.2) is 11.5 Å². The van der Waals surface area contributed by atoms with Gasteiger partial charge >= 0.3 is 5.97 Å². The Bertz CT molecular complexity index is 960. The summed E-state index contributed by atoms with van der Waals surface area (Å²) in [5, 5.41) is 10.3. The van der Waals surface area contributed by atoms with Crippen molar-refractivity contribution in [2.75, 3.05) is 19.1 Å². The van der Waals surface area contributed by atoms with Crippen LogP contribution in [0, 0.1) is 0 Å². The highest BCUT2D eigenvalue weighted by Crippen LogP contribution is 2.37. The molecule has 6 heteroatoms. The maximum absolute atomic E-state index is 13.1. The number of hydrogen-bond donors (Lipinski definition) is 1. The summed E-state index contributed by atoms with van der Waals surface area (Å²) in [5.41, 5.74) is 1.77. The van der Waals surface area contributed by atoms with Crippen molar-refractivity contribution < 1.29 is 24.2 Å². The molecule has 1 aliphatic heterocycles. The van der Waals surface area contributed by atoms with E-state index >= 15 is 0 Å². The topological polar surface area (TPSA) is 76.1 Å². The molecule has 2 aromatic carbocycles. The minimum atomic E-state index is -0.618. The average molecular weight is 365 g/mol.